The Bertz CT molecular complexity index is 460. The van der Waals surface area contributed by atoms with E-state index in [1.807, 2.05) is 13.8 Å². The van der Waals surface area contributed by atoms with Crippen molar-refractivity contribution in [2.75, 3.05) is 6.54 Å². The molecule has 0 aliphatic rings. The van der Waals surface area contributed by atoms with E-state index in [2.05, 4.69) is 5.32 Å². The zero-order chi connectivity index (χ0) is 15.3. The van der Waals surface area contributed by atoms with Gasteiger partial charge in [0.15, 0.2) is 6.10 Å². The van der Waals surface area contributed by atoms with E-state index in [-0.39, 0.29) is 5.91 Å². The maximum absolute atomic E-state index is 11.8. The van der Waals surface area contributed by atoms with Crippen LogP contribution in [0.4, 0.5) is 0 Å². The summed E-state index contributed by atoms with van der Waals surface area (Å²) in [6, 6.07) is 5.03. The van der Waals surface area contributed by atoms with Crippen LogP contribution in [0.15, 0.2) is 18.2 Å². The number of hydrogen-bond acceptors (Lipinski definition) is 3. The van der Waals surface area contributed by atoms with E-state index in [1.165, 1.54) is 0 Å². The maximum atomic E-state index is 11.8. The topological polar surface area (TPSA) is 58.6 Å². The van der Waals surface area contributed by atoms with Crippen molar-refractivity contribution in [3.8, 4) is 5.75 Å². The first-order valence-corrected chi connectivity index (χ1v) is 7.11. The third-order valence-electron chi connectivity index (χ3n) is 2.80. The van der Waals surface area contributed by atoms with Crippen LogP contribution in [0.2, 0.25) is 5.02 Å². The lowest BCUT2D eigenvalue weighted by atomic mass is 10.1. The molecule has 0 spiro atoms. The number of ether oxygens (including phenoxy) is 1. The van der Waals surface area contributed by atoms with Crippen molar-refractivity contribution in [2.45, 2.75) is 39.9 Å². The summed E-state index contributed by atoms with van der Waals surface area (Å²) in [7, 11) is 0. The molecule has 0 radical (unpaired) electrons. The van der Waals surface area contributed by atoms with Gasteiger partial charge in [-0.3, -0.25) is 4.79 Å². The largest absolute Gasteiger partial charge is 0.479 e. The second-order valence-corrected chi connectivity index (χ2v) is 5.67. The molecule has 0 aromatic heterocycles. The lowest BCUT2D eigenvalue weighted by Gasteiger charge is -2.17. The number of halogens is 1. The van der Waals surface area contributed by atoms with E-state index in [0.29, 0.717) is 28.8 Å². The molecule has 2 unspecified atom stereocenters. The molecule has 0 bridgehead atoms. The molecule has 20 heavy (non-hydrogen) atoms. The van der Waals surface area contributed by atoms with Crippen molar-refractivity contribution < 1.29 is 14.6 Å². The first-order chi connectivity index (χ1) is 9.31. The van der Waals surface area contributed by atoms with Crippen LogP contribution in [0.5, 0.6) is 5.75 Å². The summed E-state index contributed by atoms with van der Waals surface area (Å²) < 4.78 is 5.55. The number of aliphatic hydroxyl groups excluding tert-OH is 1. The molecule has 2 N–H and O–H groups in total. The van der Waals surface area contributed by atoms with Crippen LogP contribution in [0.25, 0.3) is 0 Å². The molecule has 2 atom stereocenters. The smallest absolute Gasteiger partial charge is 0.260 e. The van der Waals surface area contributed by atoms with Crippen molar-refractivity contribution in [1.29, 1.82) is 0 Å². The van der Waals surface area contributed by atoms with Gasteiger partial charge in [0.25, 0.3) is 5.91 Å². The molecule has 0 fully saturated rings. The van der Waals surface area contributed by atoms with Crippen LogP contribution >= 0.6 is 11.6 Å². The van der Waals surface area contributed by atoms with Gasteiger partial charge in [0.1, 0.15) is 5.75 Å². The fourth-order valence-corrected chi connectivity index (χ4v) is 1.80. The predicted molar refractivity (Wildman–Crippen MR) is 80.0 cm³/mol. The van der Waals surface area contributed by atoms with Crippen LogP contribution in [-0.2, 0) is 4.79 Å². The second kappa shape index (κ2) is 7.50. The van der Waals surface area contributed by atoms with Crippen LogP contribution in [0, 0.1) is 5.92 Å². The molecular weight excluding hydrogens is 278 g/mol. The van der Waals surface area contributed by atoms with E-state index in [4.69, 9.17) is 16.3 Å². The Hall–Kier alpha value is -1.26. The van der Waals surface area contributed by atoms with Crippen molar-refractivity contribution in [3.63, 3.8) is 0 Å². The third kappa shape index (κ3) is 5.02. The number of hydrogen-bond donors (Lipinski definition) is 2. The second-order valence-electron chi connectivity index (χ2n) is 5.26. The van der Waals surface area contributed by atoms with Gasteiger partial charge in [0.05, 0.1) is 11.1 Å². The van der Waals surface area contributed by atoms with Crippen LogP contribution in [0.1, 0.15) is 39.4 Å². The molecule has 1 aromatic carbocycles. The lowest BCUT2D eigenvalue weighted by molar-refractivity contribution is -0.127. The van der Waals surface area contributed by atoms with Crippen molar-refractivity contribution in [1.82, 2.24) is 5.32 Å². The van der Waals surface area contributed by atoms with Crippen molar-refractivity contribution in [3.05, 3.63) is 28.8 Å². The number of amides is 1. The molecular formula is C15H22ClNO3. The zero-order valence-electron chi connectivity index (χ0n) is 12.3. The normalized spacial score (nSPS) is 13.9. The van der Waals surface area contributed by atoms with Crippen LogP contribution < -0.4 is 10.1 Å². The molecule has 0 heterocycles. The molecule has 1 aromatic rings. The first kappa shape index (κ1) is 16.8. The Labute approximate surface area is 125 Å². The standard InChI is InChI=1S/C15H22ClNO3/c1-9(2)8-17-15(19)11(4)20-14-6-5-12(10(3)18)7-13(14)16/h5-7,9-11,18H,8H2,1-4H3,(H,17,19). The fourth-order valence-electron chi connectivity index (χ4n) is 1.56. The Morgan fingerprint density at radius 3 is 2.50 bits per heavy atom. The Kier molecular flexibility index (Phi) is 6.30. The van der Waals surface area contributed by atoms with Gasteiger partial charge in [-0.25, -0.2) is 0 Å². The molecule has 0 aliphatic carbocycles. The van der Waals surface area contributed by atoms with Gasteiger partial charge in [-0.05, 0) is 37.5 Å². The summed E-state index contributed by atoms with van der Waals surface area (Å²) in [6.45, 7) is 8.00. The summed E-state index contributed by atoms with van der Waals surface area (Å²) in [5, 5.41) is 12.7. The van der Waals surface area contributed by atoms with Crippen LogP contribution in [-0.4, -0.2) is 23.7 Å². The SMILES string of the molecule is CC(C)CNC(=O)C(C)Oc1ccc(C(C)O)cc1Cl. The van der Waals surface area contributed by atoms with Gasteiger partial charge in [-0.15, -0.1) is 0 Å². The summed E-state index contributed by atoms with van der Waals surface area (Å²) in [4.78, 5) is 11.8. The minimum Gasteiger partial charge on any atom is -0.479 e. The average molecular weight is 300 g/mol. The van der Waals surface area contributed by atoms with Gasteiger partial charge < -0.3 is 15.2 Å². The van der Waals surface area contributed by atoms with Gasteiger partial charge in [-0.2, -0.15) is 0 Å². The molecule has 0 aliphatic heterocycles. The monoisotopic (exact) mass is 299 g/mol. The van der Waals surface area contributed by atoms with Gasteiger partial charge in [0, 0.05) is 6.54 Å². The highest BCUT2D eigenvalue weighted by atomic mass is 35.5. The summed E-state index contributed by atoms with van der Waals surface area (Å²) in [5.74, 6) is 0.651. The van der Waals surface area contributed by atoms with Gasteiger partial charge in [-0.1, -0.05) is 31.5 Å². The quantitative estimate of drug-likeness (QED) is 0.849. The molecule has 112 valence electrons. The average Bonchev–Trinajstić information content (AvgIpc) is 2.37. The number of nitrogens with one attached hydrogen (secondary N) is 1. The summed E-state index contributed by atoms with van der Waals surface area (Å²) in [5.41, 5.74) is 0.708. The van der Waals surface area contributed by atoms with Crippen molar-refractivity contribution >= 4 is 17.5 Å². The highest BCUT2D eigenvalue weighted by Crippen LogP contribution is 2.28. The van der Waals surface area contributed by atoms with E-state index in [1.54, 1.807) is 32.0 Å². The number of carbonyl (C=O) groups is 1. The van der Waals surface area contributed by atoms with E-state index < -0.39 is 12.2 Å². The fraction of sp³-hybridized carbons (Fsp3) is 0.533. The Morgan fingerprint density at radius 1 is 1.35 bits per heavy atom. The summed E-state index contributed by atoms with van der Waals surface area (Å²) >= 11 is 6.08. The third-order valence-corrected chi connectivity index (χ3v) is 3.09. The van der Waals surface area contributed by atoms with Crippen LogP contribution in [0.3, 0.4) is 0 Å². The molecule has 1 rings (SSSR count). The molecule has 0 saturated heterocycles. The lowest BCUT2D eigenvalue weighted by Crippen LogP contribution is -2.38. The predicted octanol–water partition coefficient (Wildman–Crippen LogP) is 2.93. The van der Waals surface area contributed by atoms with E-state index in [0.717, 1.165) is 0 Å². The Morgan fingerprint density at radius 2 is 2.00 bits per heavy atom. The minimum absolute atomic E-state index is 0.172. The number of carbonyl (C=O) groups excluding carboxylic acids is 1. The number of rotatable bonds is 6. The highest BCUT2D eigenvalue weighted by Gasteiger charge is 2.16. The molecule has 1 amide bonds. The maximum Gasteiger partial charge on any atom is 0.260 e. The van der Waals surface area contributed by atoms with Crippen molar-refractivity contribution in [2.24, 2.45) is 5.92 Å². The number of benzene rings is 1. The highest BCUT2D eigenvalue weighted by molar-refractivity contribution is 6.32. The van der Waals surface area contributed by atoms with Gasteiger partial charge >= 0.3 is 0 Å². The van der Waals surface area contributed by atoms with E-state index >= 15 is 0 Å². The van der Waals surface area contributed by atoms with Gasteiger partial charge in [0.2, 0.25) is 0 Å². The zero-order valence-corrected chi connectivity index (χ0v) is 13.1. The Balaban J connectivity index is 2.66. The van der Waals surface area contributed by atoms with E-state index in [9.17, 15) is 9.90 Å². The number of aliphatic hydroxyl groups is 1. The minimum atomic E-state index is -0.622. The first-order valence-electron chi connectivity index (χ1n) is 6.73. The molecule has 0 saturated carbocycles. The molecule has 4 nitrogen and oxygen atoms in total. The summed E-state index contributed by atoms with van der Waals surface area (Å²) in [6.07, 6.45) is -1.21. The molecule has 5 heteroatoms.